The molecule has 6 atom stereocenters. The number of aliphatic hydroxyl groups excluding tert-OH is 4. The average molecular weight is 722 g/mol. The lowest BCUT2D eigenvalue weighted by atomic mass is 9.53. The minimum Gasteiger partial charge on any atom is -0.458 e. The summed E-state index contributed by atoms with van der Waals surface area (Å²) >= 11 is 0. The van der Waals surface area contributed by atoms with E-state index in [2.05, 4.69) is 22.9 Å². The molecule has 3 amide bonds. The zero-order valence-corrected chi connectivity index (χ0v) is 31.5. The van der Waals surface area contributed by atoms with Crippen LogP contribution in [0.5, 0.6) is 0 Å². The van der Waals surface area contributed by atoms with Gasteiger partial charge in [0.2, 0.25) is 5.91 Å². The predicted octanol–water partition coefficient (Wildman–Crippen LogP) is 5.40. The van der Waals surface area contributed by atoms with Gasteiger partial charge >= 0.3 is 12.0 Å². The molecule has 51 heavy (non-hydrogen) atoms. The summed E-state index contributed by atoms with van der Waals surface area (Å²) in [5, 5.41) is 49.7. The van der Waals surface area contributed by atoms with Crippen LogP contribution in [-0.2, 0) is 14.3 Å². The number of esters is 1. The van der Waals surface area contributed by atoms with Gasteiger partial charge in [-0.15, -0.1) is 0 Å². The van der Waals surface area contributed by atoms with Gasteiger partial charge in [0, 0.05) is 31.0 Å². The van der Waals surface area contributed by atoms with E-state index in [9.17, 15) is 34.8 Å². The third kappa shape index (κ3) is 13.4. The number of hydrogen-bond donors (Lipinski definition) is 7. The molecule has 5 rings (SSSR count). The second-order valence-corrected chi connectivity index (χ2v) is 16.8. The number of carbonyl (C=O) groups is 3. The van der Waals surface area contributed by atoms with Crippen molar-refractivity contribution in [1.29, 1.82) is 0 Å². The molecule has 0 radical (unpaired) electrons. The maximum atomic E-state index is 13.2. The number of rotatable bonds is 24. The van der Waals surface area contributed by atoms with Crippen LogP contribution in [0.15, 0.2) is 0 Å². The topological polar surface area (TPSA) is 177 Å². The molecule has 5 aliphatic carbocycles. The van der Waals surface area contributed by atoms with Crippen molar-refractivity contribution in [2.45, 2.75) is 197 Å². The molecule has 4 bridgehead atoms. The molecule has 5 saturated carbocycles. The van der Waals surface area contributed by atoms with Crippen molar-refractivity contribution in [2.75, 3.05) is 13.2 Å². The van der Waals surface area contributed by atoms with Crippen molar-refractivity contribution in [3.8, 4) is 0 Å². The first-order valence-electron chi connectivity index (χ1n) is 20.8. The SMILES string of the molecule is CCCCCCCCC(NC(=O)CCCCCCCCCCCNC(=O)NC12CC3CC(CC(C3)C1)C2)C(=O)OC1C(CO)CC(O)C(O)C1O. The van der Waals surface area contributed by atoms with Crippen molar-refractivity contribution in [1.82, 2.24) is 16.0 Å². The number of amides is 3. The zero-order valence-electron chi connectivity index (χ0n) is 31.5. The number of unbranched alkanes of at least 4 members (excludes halogenated alkanes) is 13. The van der Waals surface area contributed by atoms with Crippen LogP contribution < -0.4 is 16.0 Å². The highest BCUT2D eigenvalue weighted by molar-refractivity contribution is 5.84. The standard InChI is InChI=1S/C40H71N3O8/c1-2-3-4-5-11-14-17-32(38(49)51-37-31(27-44)23-33(45)35(47)36(37)48)42-34(46)18-15-12-9-7-6-8-10-13-16-19-41-39(50)43-40-24-28-20-29(25-40)22-30(21-28)26-40/h28-33,35-37,44-45,47-48H,2-27H2,1H3,(H,42,46)(H2,41,43,50). The van der Waals surface area contributed by atoms with E-state index in [0.717, 1.165) is 108 Å². The second-order valence-electron chi connectivity index (χ2n) is 16.8. The summed E-state index contributed by atoms with van der Waals surface area (Å²) in [4.78, 5) is 38.7. The fraction of sp³-hybridized carbons (Fsp3) is 0.925. The minimum atomic E-state index is -1.52. The molecule has 0 spiro atoms. The Balaban J connectivity index is 1.04. The fourth-order valence-electron chi connectivity index (χ4n) is 9.89. The van der Waals surface area contributed by atoms with Crippen LogP contribution in [-0.4, -0.2) is 87.5 Å². The van der Waals surface area contributed by atoms with Gasteiger partial charge in [0.05, 0.1) is 6.10 Å². The van der Waals surface area contributed by atoms with Crippen LogP contribution in [0.25, 0.3) is 0 Å². The minimum absolute atomic E-state index is 0.0000275. The maximum Gasteiger partial charge on any atom is 0.329 e. The Morgan fingerprint density at radius 2 is 1.27 bits per heavy atom. The molecule has 5 aliphatic rings. The largest absolute Gasteiger partial charge is 0.458 e. The molecule has 5 fully saturated rings. The number of carbonyl (C=O) groups excluding carboxylic acids is 3. The number of hydrogen-bond acceptors (Lipinski definition) is 8. The van der Waals surface area contributed by atoms with Crippen molar-refractivity contribution in [2.24, 2.45) is 23.7 Å². The lowest BCUT2D eigenvalue weighted by molar-refractivity contribution is -0.193. The Hall–Kier alpha value is -1.95. The lowest BCUT2D eigenvalue weighted by Gasteiger charge is -2.56. The van der Waals surface area contributed by atoms with E-state index in [-0.39, 0.29) is 23.9 Å². The number of aliphatic hydroxyl groups is 4. The van der Waals surface area contributed by atoms with Gasteiger partial charge in [0.1, 0.15) is 24.4 Å². The van der Waals surface area contributed by atoms with Gasteiger partial charge in [0.25, 0.3) is 0 Å². The summed E-state index contributed by atoms with van der Waals surface area (Å²) in [6.45, 7) is 2.48. The van der Waals surface area contributed by atoms with Gasteiger partial charge in [-0.05, 0) is 82.0 Å². The van der Waals surface area contributed by atoms with Crippen LogP contribution in [0.1, 0.15) is 161 Å². The number of urea groups is 1. The summed E-state index contributed by atoms with van der Waals surface area (Å²) in [5.74, 6) is 0.881. The molecule has 0 aliphatic heterocycles. The monoisotopic (exact) mass is 722 g/mol. The van der Waals surface area contributed by atoms with Gasteiger partial charge in [-0.25, -0.2) is 9.59 Å². The molecule has 11 nitrogen and oxygen atoms in total. The molecule has 7 N–H and O–H groups in total. The van der Waals surface area contributed by atoms with Crippen molar-refractivity contribution in [3.05, 3.63) is 0 Å². The smallest absolute Gasteiger partial charge is 0.329 e. The van der Waals surface area contributed by atoms with E-state index < -0.39 is 49.0 Å². The Kier molecular flexibility index (Phi) is 17.8. The first-order chi connectivity index (χ1) is 24.6. The molecule has 294 valence electrons. The van der Waals surface area contributed by atoms with Crippen LogP contribution in [0.3, 0.4) is 0 Å². The molecule has 11 heteroatoms. The number of ether oxygens (including phenoxy) is 1. The summed E-state index contributed by atoms with van der Waals surface area (Å²) in [5.41, 5.74) is 0.0654. The van der Waals surface area contributed by atoms with Crippen LogP contribution in [0.2, 0.25) is 0 Å². The molecule has 0 aromatic rings. The van der Waals surface area contributed by atoms with E-state index >= 15 is 0 Å². The zero-order chi connectivity index (χ0) is 36.6. The van der Waals surface area contributed by atoms with E-state index in [4.69, 9.17) is 4.74 Å². The highest BCUT2D eigenvalue weighted by atomic mass is 16.6. The van der Waals surface area contributed by atoms with Gasteiger partial charge in [-0.2, -0.15) is 0 Å². The third-order valence-electron chi connectivity index (χ3n) is 12.3. The average Bonchev–Trinajstić information content (AvgIpc) is 3.08. The van der Waals surface area contributed by atoms with Crippen molar-refractivity contribution in [3.63, 3.8) is 0 Å². The Morgan fingerprint density at radius 1 is 0.725 bits per heavy atom. The van der Waals surface area contributed by atoms with Gasteiger partial charge in [-0.3, -0.25) is 4.79 Å². The van der Waals surface area contributed by atoms with E-state index in [0.29, 0.717) is 12.8 Å². The highest BCUT2D eigenvalue weighted by Crippen LogP contribution is 2.55. The molecule has 0 aromatic carbocycles. The highest BCUT2D eigenvalue weighted by Gasteiger charge is 2.51. The molecule has 6 unspecified atom stereocenters. The fourth-order valence-corrected chi connectivity index (χ4v) is 9.89. The Morgan fingerprint density at radius 3 is 1.86 bits per heavy atom. The lowest BCUT2D eigenvalue weighted by Crippen LogP contribution is -2.61. The predicted molar refractivity (Wildman–Crippen MR) is 197 cm³/mol. The first-order valence-corrected chi connectivity index (χ1v) is 20.8. The van der Waals surface area contributed by atoms with Crippen LogP contribution in [0, 0.1) is 23.7 Å². The van der Waals surface area contributed by atoms with Gasteiger partial charge < -0.3 is 41.1 Å². The van der Waals surface area contributed by atoms with Crippen LogP contribution >= 0.6 is 0 Å². The first kappa shape index (κ1) is 41.8. The molecular formula is C40H71N3O8. The van der Waals surface area contributed by atoms with Gasteiger partial charge in [-0.1, -0.05) is 90.4 Å². The third-order valence-corrected chi connectivity index (χ3v) is 12.3. The normalized spacial score (nSPS) is 31.6. The van der Waals surface area contributed by atoms with E-state index in [1.807, 2.05) is 0 Å². The maximum absolute atomic E-state index is 13.2. The van der Waals surface area contributed by atoms with Crippen LogP contribution in [0.4, 0.5) is 4.79 Å². The second kappa shape index (κ2) is 21.7. The van der Waals surface area contributed by atoms with Gasteiger partial charge in [0.15, 0.2) is 0 Å². The summed E-state index contributed by atoms with van der Waals surface area (Å²) in [7, 11) is 0. The summed E-state index contributed by atoms with van der Waals surface area (Å²) < 4.78 is 5.60. The molecule has 0 heterocycles. The van der Waals surface area contributed by atoms with Crippen molar-refractivity contribution < 1.29 is 39.5 Å². The van der Waals surface area contributed by atoms with E-state index in [1.54, 1.807) is 0 Å². The number of nitrogens with one attached hydrogen (secondary N) is 3. The summed E-state index contributed by atoms with van der Waals surface area (Å²) in [6.07, 6.45) is 18.7. The molecule has 0 aromatic heterocycles. The molecular weight excluding hydrogens is 650 g/mol. The van der Waals surface area contributed by atoms with Crippen molar-refractivity contribution >= 4 is 17.9 Å². The summed E-state index contributed by atoms with van der Waals surface area (Å²) in [6, 6.07) is -0.845. The molecule has 0 saturated heterocycles. The Bertz CT molecular complexity index is 1020. The Labute approximate surface area is 306 Å². The van der Waals surface area contributed by atoms with E-state index in [1.165, 1.54) is 51.4 Å². The quantitative estimate of drug-likeness (QED) is 0.0512.